The molecule has 0 saturated carbocycles. The molecule has 0 aromatic heterocycles. The van der Waals surface area contributed by atoms with E-state index in [0.717, 1.165) is 17.7 Å². The van der Waals surface area contributed by atoms with Crippen molar-refractivity contribution in [1.29, 1.82) is 0 Å². The Labute approximate surface area is 130 Å². The lowest BCUT2D eigenvalue weighted by Gasteiger charge is -2.10. The van der Waals surface area contributed by atoms with Gasteiger partial charge in [-0.05, 0) is 36.1 Å². The van der Waals surface area contributed by atoms with Gasteiger partial charge in [-0.15, -0.1) is 0 Å². The van der Waals surface area contributed by atoms with Crippen LogP contribution in [0.4, 0.5) is 0 Å². The zero-order valence-corrected chi connectivity index (χ0v) is 12.8. The van der Waals surface area contributed by atoms with Crippen molar-refractivity contribution in [2.45, 2.75) is 20.3 Å². The summed E-state index contributed by atoms with van der Waals surface area (Å²) in [6.45, 7) is 4.21. The van der Waals surface area contributed by atoms with Crippen LogP contribution in [0.15, 0.2) is 59.7 Å². The molecule has 0 unspecified atom stereocenters. The summed E-state index contributed by atoms with van der Waals surface area (Å²) in [5.41, 5.74) is 4.77. The predicted molar refractivity (Wildman–Crippen MR) is 88.0 cm³/mol. The zero-order chi connectivity index (χ0) is 15.9. The highest BCUT2D eigenvalue weighted by Crippen LogP contribution is 2.12. The third kappa shape index (κ3) is 4.45. The van der Waals surface area contributed by atoms with Crippen molar-refractivity contribution < 1.29 is 9.90 Å². The smallest absolute Gasteiger partial charge is 0.271 e. The van der Waals surface area contributed by atoms with Crippen molar-refractivity contribution in [2.24, 2.45) is 11.0 Å². The van der Waals surface area contributed by atoms with E-state index in [1.807, 2.05) is 30.3 Å². The van der Waals surface area contributed by atoms with Crippen LogP contribution < -0.4 is 5.43 Å². The number of carbonyl (C=O) groups is 1. The Balaban J connectivity index is 2.18. The number of carbonyl (C=O) groups excluding carboxylic acids is 1. The molecule has 0 spiro atoms. The molecule has 0 aliphatic heterocycles. The van der Waals surface area contributed by atoms with Crippen molar-refractivity contribution >= 4 is 11.6 Å². The van der Waals surface area contributed by atoms with Crippen LogP contribution in [-0.2, 0) is 0 Å². The average Bonchev–Trinajstić information content (AvgIpc) is 2.51. The van der Waals surface area contributed by atoms with Gasteiger partial charge in [-0.1, -0.05) is 50.2 Å². The summed E-state index contributed by atoms with van der Waals surface area (Å²) < 4.78 is 0. The Morgan fingerprint density at radius 2 is 1.77 bits per heavy atom. The first-order valence-corrected chi connectivity index (χ1v) is 7.27. The number of hydrazone groups is 1. The number of hydrogen-bond donors (Lipinski definition) is 2. The maximum Gasteiger partial charge on any atom is 0.271 e. The molecule has 0 aliphatic carbocycles. The largest absolute Gasteiger partial charge is 0.508 e. The first-order chi connectivity index (χ1) is 10.6. The number of aromatic hydroxyl groups is 1. The molecule has 1 amide bonds. The maximum absolute atomic E-state index is 12.1. The van der Waals surface area contributed by atoms with Crippen LogP contribution in [0.1, 0.15) is 36.2 Å². The van der Waals surface area contributed by atoms with Gasteiger partial charge in [0, 0.05) is 5.56 Å². The minimum atomic E-state index is -0.340. The van der Waals surface area contributed by atoms with E-state index in [-0.39, 0.29) is 11.7 Å². The molecule has 0 heterocycles. The highest BCUT2D eigenvalue weighted by molar-refractivity contribution is 6.02. The van der Waals surface area contributed by atoms with E-state index >= 15 is 0 Å². The van der Waals surface area contributed by atoms with Crippen molar-refractivity contribution in [1.82, 2.24) is 5.43 Å². The van der Waals surface area contributed by atoms with E-state index in [4.69, 9.17) is 0 Å². The molecule has 22 heavy (non-hydrogen) atoms. The summed E-state index contributed by atoms with van der Waals surface area (Å²) in [6, 6.07) is 16.0. The molecule has 0 bridgehead atoms. The molecule has 2 N–H and O–H groups in total. The van der Waals surface area contributed by atoms with E-state index < -0.39 is 0 Å². The van der Waals surface area contributed by atoms with Crippen LogP contribution in [0.2, 0.25) is 0 Å². The van der Waals surface area contributed by atoms with Gasteiger partial charge >= 0.3 is 0 Å². The third-order valence-electron chi connectivity index (χ3n) is 3.11. The number of phenolic OH excluding ortho intramolecular Hbond substituents is 1. The highest BCUT2D eigenvalue weighted by atomic mass is 16.3. The van der Waals surface area contributed by atoms with Gasteiger partial charge in [0.2, 0.25) is 0 Å². The number of phenols is 1. The van der Waals surface area contributed by atoms with E-state index in [2.05, 4.69) is 24.4 Å². The molecule has 0 atom stereocenters. The SMILES string of the molecule is CC(C)C/C(=N/NC(=O)c1cccc(O)c1)c1ccccc1. The molecular formula is C18H20N2O2. The van der Waals surface area contributed by atoms with Gasteiger partial charge in [0.25, 0.3) is 5.91 Å². The van der Waals surface area contributed by atoms with Crippen molar-refractivity contribution in [2.75, 3.05) is 0 Å². The van der Waals surface area contributed by atoms with Crippen LogP contribution in [0.3, 0.4) is 0 Å². The fourth-order valence-electron chi connectivity index (χ4n) is 2.08. The normalized spacial score (nSPS) is 11.5. The van der Waals surface area contributed by atoms with Gasteiger partial charge in [0.15, 0.2) is 0 Å². The molecule has 0 aliphatic rings. The second kappa shape index (κ2) is 7.41. The van der Waals surface area contributed by atoms with E-state index in [1.165, 1.54) is 12.1 Å². The number of hydrogen-bond acceptors (Lipinski definition) is 3. The van der Waals surface area contributed by atoms with E-state index in [9.17, 15) is 9.90 Å². The second-order valence-electron chi connectivity index (χ2n) is 5.51. The number of rotatable bonds is 5. The molecule has 0 fully saturated rings. The molecular weight excluding hydrogens is 276 g/mol. The van der Waals surface area contributed by atoms with Gasteiger partial charge < -0.3 is 5.11 Å². The lowest BCUT2D eigenvalue weighted by Crippen LogP contribution is -2.20. The zero-order valence-electron chi connectivity index (χ0n) is 12.8. The van der Waals surface area contributed by atoms with Crippen molar-refractivity contribution in [3.63, 3.8) is 0 Å². The Morgan fingerprint density at radius 3 is 2.41 bits per heavy atom. The van der Waals surface area contributed by atoms with Crippen LogP contribution in [-0.4, -0.2) is 16.7 Å². The highest BCUT2D eigenvalue weighted by Gasteiger charge is 2.09. The number of nitrogens with zero attached hydrogens (tertiary/aromatic N) is 1. The Kier molecular flexibility index (Phi) is 5.31. The monoisotopic (exact) mass is 296 g/mol. The first kappa shape index (κ1) is 15.8. The molecule has 114 valence electrons. The number of nitrogens with one attached hydrogen (secondary N) is 1. The predicted octanol–water partition coefficient (Wildman–Crippen LogP) is 3.57. The summed E-state index contributed by atoms with van der Waals surface area (Å²) in [5, 5.41) is 13.7. The summed E-state index contributed by atoms with van der Waals surface area (Å²) >= 11 is 0. The van der Waals surface area contributed by atoms with E-state index in [1.54, 1.807) is 12.1 Å². The Morgan fingerprint density at radius 1 is 1.09 bits per heavy atom. The fraction of sp³-hybridized carbons (Fsp3) is 0.222. The lowest BCUT2D eigenvalue weighted by atomic mass is 10.0. The van der Waals surface area contributed by atoms with Crippen LogP contribution >= 0.6 is 0 Å². The topological polar surface area (TPSA) is 61.7 Å². The maximum atomic E-state index is 12.1. The quantitative estimate of drug-likeness (QED) is 0.654. The molecule has 2 rings (SSSR count). The molecule has 2 aromatic rings. The van der Waals surface area contributed by atoms with Gasteiger partial charge in [0.05, 0.1) is 5.71 Å². The van der Waals surface area contributed by atoms with Crippen LogP contribution in [0.25, 0.3) is 0 Å². The summed E-state index contributed by atoms with van der Waals surface area (Å²) in [5.74, 6) is 0.145. The number of amides is 1. The summed E-state index contributed by atoms with van der Waals surface area (Å²) in [4.78, 5) is 12.1. The molecule has 0 saturated heterocycles. The number of benzene rings is 2. The Bertz CT molecular complexity index is 664. The fourth-order valence-corrected chi connectivity index (χ4v) is 2.08. The van der Waals surface area contributed by atoms with E-state index in [0.29, 0.717) is 11.5 Å². The van der Waals surface area contributed by atoms with Gasteiger partial charge in [0.1, 0.15) is 5.75 Å². The van der Waals surface area contributed by atoms with Crippen molar-refractivity contribution in [3.05, 3.63) is 65.7 Å². The molecule has 0 radical (unpaired) electrons. The average molecular weight is 296 g/mol. The van der Waals surface area contributed by atoms with Crippen LogP contribution in [0.5, 0.6) is 5.75 Å². The minimum Gasteiger partial charge on any atom is -0.508 e. The van der Waals surface area contributed by atoms with Crippen LogP contribution in [0, 0.1) is 5.92 Å². The minimum absolute atomic E-state index is 0.0575. The van der Waals surface area contributed by atoms with Crippen molar-refractivity contribution in [3.8, 4) is 5.75 Å². The van der Waals surface area contributed by atoms with Gasteiger partial charge in [-0.2, -0.15) is 5.10 Å². The second-order valence-corrected chi connectivity index (χ2v) is 5.51. The molecule has 2 aromatic carbocycles. The summed E-state index contributed by atoms with van der Waals surface area (Å²) in [7, 11) is 0. The lowest BCUT2D eigenvalue weighted by molar-refractivity contribution is 0.0954. The first-order valence-electron chi connectivity index (χ1n) is 7.27. The standard InChI is InChI=1S/C18H20N2O2/c1-13(2)11-17(14-7-4-3-5-8-14)19-20-18(22)15-9-6-10-16(21)12-15/h3-10,12-13,21H,11H2,1-2H3,(H,20,22)/b19-17-. The Hall–Kier alpha value is -2.62. The molecule has 4 nitrogen and oxygen atoms in total. The van der Waals surface area contributed by atoms with Gasteiger partial charge in [-0.25, -0.2) is 5.43 Å². The third-order valence-corrected chi connectivity index (χ3v) is 3.11. The summed E-state index contributed by atoms with van der Waals surface area (Å²) in [6.07, 6.45) is 0.768. The van der Waals surface area contributed by atoms with Gasteiger partial charge in [-0.3, -0.25) is 4.79 Å². The molecule has 4 heteroatoms.